The third kappa shape index (κ3) is 4.62. The third-order valence-electron chi connectivity index (χ3n) is 4.57. The van der Waals surface area contributed by atoms with Crippen molar-refractivity contribution >= 4 is 32.8 Å². The Morgan fingerprint density at radius 2 is 1.81 bits per heavy atom. The van der Waals surface area contributed by atoms with Crippen LogP contribution in [0.25, 0.3) is 11.0 Å². The molecule has 0 aliphatic rings. The minimum absolute atomic E-state index is 0.0346. The Morgan fingerprint density at radius 3 is 2.44 bits per heavy atom. The van der Waals surface area contributed by atoms with Gasteiger partial charge in [-0.15, -0.1) is 0 Å². The number of fused-ring (bicyclic) bond motifs is 1. The molecular formula is C21H16F3O7S-. The molecule has 0 saturated carbocycles. The number of carbonyl (C=O) groups is 2. The van der Waals surface area contributed by atoms with Crippen molar-refractivity contribution in [2.45, 2.75) is 31.7 Å². The molecule has 2 aromatic carbocycles. The summed E-state index contributed by atoms with van der Waals surface area (Å²) >= 11 is 0. The first-order chi connectivity index (χ1) is 14.9. The van der Waals surface area contributed by atoms with E-state index < -0.39 is 33.1 Å². The maximum absolute atomic E-state index is 13.3. The van der Waals surface area contributed by atoms with Gasteiger partial charge in [0.2, 0.25) is 0 Å². The average molecular weight is 469 g/mol. The number of carboxylic acid groups (broad SMARTS) is 1. The largest absolute Gasteiger partial charge is 0.545 e. The third-order valence-corrected chi connectivity index (χ3v) is 5.55. The Bertz CT molecular complexity index is 1290. The van der Waals surface area contributed by atoms with Gasteiger partial charge in [0.15, 0.2) is 5.78 Å². The molecule has 0 radical (unpaired) electrons. The van der Waals surface area contributed by atoms with E-state index in [-0.39, 0.29) is 33.4 Å². The van der Waals surface area contributed by atoms with Crippen LogP contribution in [0, 0.1) is 0 Å². The highest BCUT2D eigenvalue weighted by Crippen LogP contribution is 2.32. The minimum Gasteiger partial charge on any atom is -0.545 e. The van der Waals surface area contributed by atoms with Crippen LogP contribution in [0.1, 0.15) is 51.8 Å². The second kappa shape index (κ2) is 8.65. The molecule has 0 bridgehead atoms. The highest BCUT2D eigenvalue weighted by molar-refractivity contribution is 7.88. The zero-order valence-electron chi connectivity index (χ0n) is 16.6. The van der Waals surface area contributed by atoms with Gasteiger partial charge in [0, 0.05) is 17.4 Å². The number of hydrogen-bond acceptors (Lipinski definition) is 7. The molecule has 0 N–H and O–H groups in total. The van der Waals surface area contributed by atoms with Gasteiger partial charge in [-0.05, 0) is 42.3 Å². The number of alkyl halides is 3. The molecule has 7 nitrogen and oxygen atoms in total. The second-order valence-corrected chi connectivity index (χ2v) is 8.38. The SMILES string of the molecule is CCCCc1oc2ccc(C(=O)[O-])cc2c1C(=O)c1cccc(OS(=O)(=O)C(F)(F)F)c1. The smallest absolute Gasteiger partial charge is 0.534 e. The van der Waals surface area contributed by atoms with Crippen molar-refractivity contribution in [3.63, 3.8) is 0 Å². The van der Waals surface area contributed by atoms with Crippen molar-refractivity contribution in [3.8, 4) is 5.75 Å². The van der Waals surface area contributed by atoms with E-state index in [1.807, 2.05) is 6.92 Å². The summed E-state index contributed by atoms with van der Waals surface area (Å²) in [5.74, 6) is -2.59. The molecule has 1 heterocycles. The number of furan rings is 1. The Morgan fingerprint density at radius 1 is 1.09 bits per heavy atom. The molecule has 0 fully saturated rings. The van der Waals surface area contributed by atoms with Crippen molar-refractivity contribution in [3.05, 3.63) is 64.9 Å². The molecule has 0 atom stereocenters. The number of carboxylic acids is 1. The lowest BCUT2D eigenvalue weighted by atomic mass is 9.97. The lowest BCUT2D eigenvalue weighted by Crippen LogP contribution is -2.28. The maximum atomic E-state index is 13.3. The van der Waals surface area contributed by atoms with Gasteiger partial charge in [0.05, 0.1) is 11.5 Å². The van der Waals surface area contributed by atoms with E-state index in [0.717, 1.165) is 24.6 Å². The van der Waals surface area contributed by atoms with E-state index in [2.05, 4.69) is 4.18 Å². The van der Waals surface area contributed by atoms with Gasteiger partial charge in [0.25, 0.3) is 0 Å². The standard InChI is InChI=1S/C21H17F3O7S/c1-2-3-7-17-18(15-11-13(20(26)27)8-9-16(15)30-17)19(25)12-5-4-6-14(10-12)31-32(28,29)21(22,23)24/h4-6,8-11H,2-3,7H2,1H3,(H,26,27)/p-1. The number of halogens is 3. The predicted molar refractivity (Wildman–Crippen MR) is 105 cm³/mol. The minimum atomic E-state index is -5.92. The second-order valence-electron chi connectivity index (χ2n) is 6.84. The summed E-state index contributed by atoms with van der Waals surface area (Å²) in [5.41, 5.74) is -5.71. The first-order valence-electron chi connectivity index (χ1n) is 9.37. The lowest BCUT2D eigenvalue weighted by Gasteiger charge is -2.10. The zero-order chi connectivity index (χ0) is 23.7. The number of carbonyl (C=O) groups excluding carboxylic acids is 2. The first-order valence-corrected chi connectivity index (χ1v) is 10.8. The van der Waals surface area contributed by atoms with Crippen LogP contribution in [-0.4, -0.2) is 25.7 Å². The number of hydrogen-bond donors (Lipinski definition) is 0. The number of rotatable bonds is 8. The van der Waals surface area contributed by atoms with Gasteiger partial charge in [0.1, 0.15) is 17.1 Å². The molecule has 3 aromatic rings. The fourth-order valence-electron chi connectivity index (χ4n) is 3.05. The highest BCUT2D eigenvalue weighted by Gasteiger charge is 2.48. The van der Waals surface area contributed by atoms with Gasteiger partial charge < -0.3 is 18.5 Å². The molecule has 1 aromatic heterocycles. The van der Waals surface area contributed by atoms with E-state index in [0.29, 0.717) is 12.8 Å². The topological polar surface area (TPSA) is 114 Å². The summed E-state index contributed by atoms with van der Waals surface area (Å²) in [4.78, 5) is 24.5. The normalized spacial score (nSPS) is 12.1. The summed E-state index contributed by atoms with van der Waals surface area (Å²) in [7, 11) is -5.92. The van der Waals surface area contributed by atoms with E-state index in [9.17, 15) is 36.3 Å². The van der Waals surface area contributed by atoms with Crippen LogP contribution in [0.5, 0.6) is 5.75 Å². The molecule has 170 valence electrons. The Kier molecular flexibility index (Phi) is 6.31. The Balaban J connectivity index is 2.09. The number of aryl methyl sites for hydroxylation is 1. The van der Waals surface area contributed by atoms with Crippen LogP contribution in [0.15, 0.2) is 46.9 Å². The molecule has 0 saturated heterocycles. The summed E-state index contributed by atoms with van der Waals surface area (Å²) < 4.78 is 70.2. The van der Waals surface area contributed by atoms with Gasteiger partial charge in [-0.2, -0.15) is 21.6 Å². The average Bonchev–Trinajstić information content (AvgIpc) is 3.08. The highest BCUT2D eigenvalue weighted by atomic mass is 32.2. The van der Waals surface area contributed by atoms with E-state index in [1.165, 1.54) is 24.3 Å². The van der Waals surface area contributed by atoms with Crippen LogP contribution in [0.3, 0.4) is 0 Å². The van der Waals surface area contributed by atoms with Crippen LogP contribution in [-0.2, 0) is 16.5 Å². The molecule has 0 spiro atoms. The summed E-state index contributed by atoms with van der Waals surface area (Å²) in [6.45, 7) is 1.92. The van der Waals surface area contributed by atoms with Crippen molar-refractivity contribution in [2.24, 2.45) is 0 Å². The van der Waals surface area contributed by atoms with Crippen LogP contribution in [0.2, 0.25) is 0 Å². The number of aromatic carboxylic acids is 1. The summed E-state index contributed by atoms with van der Waals surface area (Å²) in [6.07, 6.45) is 1.78. The molecule has 32 heavy (non-hydrogen) atoms. The van der Waals surface area contributed by atoms with E-state index in [4.69, 9.17) is 4.42 Å². The monoisotopic (exact) mass is 469 g/mol. The predicted octanol–water partition coefficient (Wildman–Crippen LogP) is 3.60. The fraction of sp³-hybridized carbons (Fsp3) is 0.238. The molecule has 0 aliphatic carbocycles. The van der Waals surface area contributed by atoms with Crippen LogP contribution >= 0.6 is 0 Å². The van der Waals surface area contributed by atoms with Gasteiger partial charge in [-0.3, -0.25) is 4.79 Å². The fourth-order valence-corrected chi connectivity index (χ4v) is 3.50. The molecule has 0 aliphatic heterocycles. The van der Waals surface area contributed by atoms with E-state index in [1.54, 1.807) is 0 Å². The van der Waals surface area contributed by atoms with Crippen molar-refractivity contribution in [1.82, 2.24) is 0 Å². The first kappa shape index (κ1) is 23.3. The van der Waals surface area contributed by atoms with Crippen molar-refractivity contribution in [2.75, 3.05) is 0 Å². The summed E-state index contributed by atoms with van der Waals surface area (Å²) in [6, 6.07) is 8.09. The maximum Gasteiger partial charge on any atom is 0.534 e. The number of benzene rings is 2. The van der Waals surface area contributed by atoms with E-state index >= 15 is 0 Å². The van der Waals surface area contributed by atoms with Crippen LogP contribution in [0.4, 0.5) is 13.2 Å². The quantitative estimate of drug-likeness (QED) is 0.281. The molecule has 0 amide bonds. The zero-order valence-corrected chi connectivity index (χ0v) is 17.4. The Hall–Kier alpha value is -3.34. The van der Waals surface area contributed by atoms with Crippen molar-refractivity contribution in [1.29, 1.82) is 0 Å². The van der Waals surface area contributed by atoms with Gasteiger partial charge >= 0.3 is 15.6 Å². The molecule has 11 heteroatoms. The van der Waals surface area contributed by atoms with Gasteiger partial charge in [-0.1, -0.05) is 25.5 Å². The lowest BCUT2D eigenvalue weighted by molar-refractivity contribution is -0.255. The number of ketones is 1. The Labute approximate surface area is 180 Å². The van der Waals surface area contributed by atoms with Gasteiger partial charge in [-0.25, -0.2) is 0 Å². The molecule has 3 rings (SSSR count). The number of unbranched alkanes of at least 4 members (excludes halogenated alkanes) is 1. The summed E-state index contributed by atoms with van der Waals surface area (Å²) in [5, 5.41) is 11.4. The van der Waals surface area contributed by atoms with Crippen molar-refractivity contribution < 1.29 is 44.9 Å². The van der Waals surface area contributed by atoms with Crippen LogP contribution < -0.4 is 9.29 Å². The molecular weight excluding hydrogens is 453 g/mol. The molecule has 0 unspecified atom stereocenters.